The maximum atomic E-state index is 11.5. The Kier molecular flexibility index (Phi) is 7.67. The molecule has 8 nitrogen and oxygen atoms in total. The summed E-state index contributed by atoms with van der Waals surface area (Å²) in [4.78, 5) is 7.28. The normalized spacial score (nSPS) is 20.2. The Morgan fingerprint density at radius 1 is 1.35 bits per heavy atom. The van der Waals surface area contributed by atoms with E-state index in [1.54, 1.807) is 19.1 Å². The van der Waals surface area contributed by atoms with Gasteiger partial charge in [-0.1, -0.05) is 12.8 Å². The first-order valence-corrected chi connectivity index (χ1v) is 13.0. The van der Waals surface area contributed by atoms with Gasteiger partial charge >= 0.3 is 0 Å². The van der Waals surface area contributed by atoms with Gasteiger partial charge < -0.3 is 15.1 Å². The first-order chi connectivity index (χ1) is 14.7. The van der Waals surface area contributed by atoms with Crippen molar-refractivity contribution in [2.75, 3.05) is 17.7 Å². The lowest BCUT2D eigenvalue weighted by Gasteiger charge is -2.29. The minimum atomic E-state index is -3.59. The molecule has 0 radical (unpaired) electrons. The summed E-state index contributed by atoms with van der Waals surface area (Å²) in [5, 5.41) is 30.0. The van der Waals surface area contributed by atoms with Gasteiger partial charge in [0.25, 0.3) is 0 Å². The summed E-state index contributed by atoms with van der Waals surface area (Å²) in [5.41, 5.74) is 1.70. The maximum absolute atomic E-state index is 11.5. The van der Waals surface area contributed by atoms with Crippen molar-refractivity contribution in [1.82, 2.24) is 9.71 Å². The van der Waals surface area contributed by atoms with Gasteiger partial charge in [0.05, 0.1) is 24.0 Å². The number of hydrogen-bond acceptors (Lipinski definition) is 8. The van der Waals surface area contributed by atoms with Crippen molar-refractivity contribution in [3.8, 4) is 6.07 Å². The van der Waals surface area contributed by atoms with Crippen LogP contribution in [0, 0.1) is 24.2 Å². The molecule has 0 spiro atoms. The number of thiazole rings is 1. The Balaban J connectivity index is 1.86. The smallest absolute Gasteiger partial charge is 0.211 e. The highest BCUT2D eigenvalue weighted by atomic mass is 32.2. The minimum Gasteiger partial charge on any atom is -0.393 e. The molecule has 10 heteroatoms. The molecule has 1 aromatic carbocycles. The van der Waals surface area contributed by atoms with Crippen LogP contribution in [-0.4, -0.2) is 42.5 Å². The fourth-order valence-electron chi connectivity index (χ4n) is 3.91. The van der Waals surface area contributed by atoms with Crippen molar-refractivity contribution < 1.29 is 18.6 Å². The van der Waals surface area contributed by atoms with Crippen LogP contribution in [0.2, 0.25) is 0 Å². The molecule has 168 valence electrons. The van der Waals surface area contributed by atoms with Crippen LogP contribution in [0.5, 0.6) is 0 Å². The lowest BCUT2D eigenvalue weighted by atomic mass is 9.85. The van der Waals surface area contributed by atoms with Crippen molar-refractivity contribution in [1.29, 1.82) is 5.26 Å². The number of hydrogen-bond donors (Lipinski definition) is 3. The molecule has 1 heterocycles. The number of aryl methyl sites for hydroxylation is 1. The third-order valence-corrected chi connectivity index (χ3v) is 7.12. The summed E-state index contributed by atoms with van der Waals surface area (Å²) in [5.74, 6) is 0.419. The quantitative estimate of drug-likeness (QED) is 0.513. The van der Waals surface area contributed by atoms with Gasteiger partial charge in [-0.3, -0.25) is 0 Å². The molecule has 1 aromatic heterocycles. The van der Waals surface area contributed by atoms with Crippen LogP contribution in [0.4, 0.5) is 10.8 Å². The number of aromatic nitrogens is 1. The van der Waals surface area contributed by atoms with Crippen LogP contribution < -0.4 is 9.62 Å². The molecule has 0 saturated heterocycles. The third-order valence-electron chi connectivity index (χ3n) is 5.46. The van der Waals surface area contributed by atoms with Crippen LogP contribution >= 0.6 is 11.3 Å². The largest absolute Gasteiger partial charge is 0.393 e. The number of nitrogens with one attached hydrogen (secondary N) is 1. The van der Waals surface area contributed by atoms with Crippen LogP contribution in [0.25, 0.3) is 0 Å². The summed E-state index contributed by atoms with van der Waals surface area (Å²) < 4.78 is 25.2. The van der Waals surface area contributed by atoms with Crippen molar-refractivity contribution in [2.45, 2.75) is 51.4 Å². The number of nitrogens with zero attached hydrogens (tertiary/aromatic N) is 3. The monoisotopic (exact) mass is 464 g/mol. The van der Waals surface area contributed by atoms with Gasteiger partial charge in [-0.2, -0.15) is 9.98 Å². The third kappa shape index (κ3) is 6.48. The average Bonchev–Trinajstić information content (AvgIpc) is 3.09. The summed E-state index contributed by atoms with van der Waals surface area (Å²) in [6, 6.07) is 9.32. The van der Waals surface area contributed by atoms with E-state index >= 15 is 0 Å². The molecule has 3 N–H and O–H groups in total. The Bertz CT molecular complexity index is 1030. The number of nitriles is 1. The predicted molar refractivity (Wildman–Crippen MR) is 121 cm³/mol. The Morgan fingerprint density at radius 3 is 2.68 bits per heavy atom. The van der Waals surface area contributed by atoms with Crippen LogP contribution in [0.1, 0.15) is 54.5 Å². The number of rotatable bonds is 8. The van der Waals surface area contributed by atoms with E-state index in [0.717, 1.165) is 44.0 Å². The van der Waals surface area contributed by atoms with E-state index in [4.69, 9.17) is 5.26 Å². The second-order valence-electron chi connectivity index (χ2n) is 8.02. The Labute approximate surface area is 187 Å². The number of benzene rings is 1. The molecule has 3 rings (SSSR count). The van der Waals surface area contributed by atoms with Crippen molar-refractivity contribution >= 4 is 32.2 Å². The average molecular weight is 465 g/mol. The van der Waals surface area contributed by atoms with Crippen molar-refractivity contribution in [3.05, 3.63) is 40.4 Å². The van der Waals surface area contributed by atoms with E-state index in [1.807, 2.05) is 17.0 Å². The standard InChI is InChI=1S/C21H28N4O4S2/c1-14-19(20(27)24-31(2,28)29)23-21(30-14)25(17-8-6-16(13-22)7-9-17)11-10-15-4-3-5-18(26)12-15/h6-9,15,18,20,24,26-27H,3-5,10-12H2,1-2H3. The summed E-state index contributed by atoms with van der Waals surface area (Å²) >= 11 is 1.37. The summed E-state index contributed by atoms with van der Waals surface area (Å²) in [6.07, 6.45) is 3.94. The predicted octanol–water partition coefficient (Wildman–Crippen LogP) is 2.94. The van der Waals surface area contributed by atoms with Gasteiger partial charge in [0.1, 0.15) is 5.69 Å². The molecular formula is C21H28N4O4S2. The lowest BCUT2D eigenvalue weighted by Crippen LogP contribution is -2.28. The van der Waals surface area contributed by atoms with E-state index in [2.05, 4.69) is 15.8 Å². The van der Waals surface area contributed by atoms with Gasteiger partial charge in [-0.25, -0.2) is 13.4 Å². The molecule has 1 aliphatic rings. The molecule has 0 bridgehead atoms. The highest BCUT2D eigenvalue weighted by molar-refractivity contribution is 7.88. The molecule has 1 aliphatic carbocycles. The summed E-state index contributed by atoms with van der Waals surface area (Å²) in [6.45, 7) is 2.45. The molecule has 31 heavy (non-hydrogen) atoms. The topological polar surface area (TPSA) is 127 Å². The lowest BCUT2D eigenvalue weighted by molar-refractivity contribution is 0.0990. The molecular weight excluding hydrogens is 436 g/mol. The number of aliphatic hydroxyl groups excluding tert-OH is 2. The molecule has 0 amide bonds. The number of aliphatic hydroxyl groups is 2. The second-order valence-corrected chi connectivity index (χ2v) is 11.0. The minimum absolute atomic E-state index is 0.243. The van der Waals surface area contributed by atoms with Crippen LogP contribution in [-0.2, 0) is 10.0 Å². The zero-order valence-electron chi connectivity index (χ0n) is 17.7. The van der Waals surface area contributed by atoms with Gasteiger partial charge in [0.15, 0.2) is 11.4 Å². The summed E-state index contributed by atoms with van der Waals surface area (Å²) in [7, 11) is -3.59. The maximum Gasteiger partial charge on any atom is 0.211 e. The van der Waals surface area contributed by atoms with E-state index in [1.165, 1.54) is 11.3 Å². The molecule has 3 unspecified atom stereocenters. The van der Waals surface area contributed by atoms with Crippen molar-refractivity contribution in [2.24, 2.45) is 5.92 Å². The highest BCUT2D eigenvalue weighted by Gasteiger charge is 2.25. The van der Waals surface area contributed by atoms with Crippen LogP contribution in [0.3, 0.4) is 0 Å². The fraction of sp³-hybridized carbons (Fsp3) is 0.524. The van der Waals surface area contributed by atoms with E-state index in [0.29, 0.717) is 28.0 Å². The molecule has 3 atom stereocenters. The second kappa shape index (κ2) is 10.1. The zero-order valence-corrected chi connectivity index (χ0v) is 19.3. The number of sulfonamides is 1. The SMILES string of the molecule is Cc1sc(N(CCC2CCCC(O)C2)c2ccc(C#N)cc2)nc1C(O)NS(C)(=O)=O. The van der Waals surface area contributed by atoms with Gasteiger partial charge in [0.2, 0.25) is 10.0 Å². The number of anilines is 2. The van der Waals surface area contributed by atoms with E-state index in [9.17, 15) is 18.6 Å². The Morgan fingerprint density at radius 2 is 2.06 bits per heavy atom. The Hall–Kier alpha value is -2.03. The molecule has 1 saturated carbocycles. The van der Waals surface area contributed by atoms with Gasteiger partial charge in [0, 0.05) is 17.1 Å². The highest BCUT2D eigenvalue weighted by Crippen LogP contribution is 2.35. The van der Waals surface area contributed by atoms with Crippen LogP contribution in [0.15, 0.2) is 24.3 Å². The zero-order chi connectivity index (χ0) is 22.6. The molecule has 2 aromatic rings. The fourth-order valence-corrected chi connectivity index (χ4v) is 5.41. The molecule has 1 fully saturated rings. The van der Waals surface area contributed by atoms with E-state index in [-0.39, 0.29) is 11.8 Å². The van der Waals surface area contributed by atoms with Gasteiger partial charge in [-0.05, 0) is 56.4 Å². The first-order valence-electron chi connectivity index (χ1n) is 10.2. The first kappa shape index (κ1) is 23.6. The van der Waals surface area contributed by atoms with Crippen molar-refractivity contribution in [3.63, 3.8) is 0 Å². The van der Waals surface area contributed by atoms with E-state index < -0.39 is 16.3 Å². The van der Waals surface area contributed by atoms with Gasteiger partial charge in [-0.15, -0.1) is 11.3 Å². The molecule has 0 aliphatic heterocycles.